The lowest BCUT2D eigenvalue weighted by Gasteiger charge is -2.33. The number of ether oxygens (including phenoxy) is 1. The van der Waals surface area contributed by atoms with Crippen LogP contribution in [0.2, 0.25) is 0 Å². The van der Waals surface area contributed by atoms with Crippen molar-refractivity contribution in [3.05, 3.63) is 30.0 Å². The Morgan fingerprint density at radius 1 is 1.37 bits per heavy atom. The number of furan rings is 1. The van der Waals surface area contributed by atoms with Gasteiger partial charge in [0.25, 0.3) is 0 Å². The van der Waals surface area contributed by atoms with Gasteiger partial charge in [-0.3, -0.25) is 0 Å². The lowest BCUT2D eigenvalue weighted by atomic mass is 9.90. The minimum Gasteiger partial charge on any atom is -0.497 e. The van der Waals surface area contributed by atoms with Gasteiger partial charge in [-0.15, -0.1) is 0 Å². The number of likely N-dealkylation sites (tertiary alicyclic amines) is 1. The predicted octanol–water partition coefficient (Wildman–Crippen LogP) is 2.19. The average Bonchev–Trinajstić information content (AvgIpc) is 2.80. The number of nitrogens with two attached hydrogens (primary N) is 1. The van der Waals surface area contributed by atoms with Crippen LogP contribution in [-0.4, -0.2) is 38.2 Å². The SMILES string of the molecule is COc1ccc2oc(C3CCN(C)CC3N)cc2c1. The van der Waals surface area contributed by atoms with E-state index < -0.39 is 0 Å². The standard InChI is InChI=1S/C15H20N2O2/c1-17-6-5-12(13(16)9-17)15-8-10-7-11(18-2)3-4-14(10)19-15/h3-4,7-8,12-13H,5-6,9,16H2,1-2H3. The third kappa shape index (κ3) is 2.33. The number of piperidine rings is 1. The highest BCUT2D eigenvalue weighted by Crippen LogP contribution is 2.32. The van der Waals surface area contributed by atoms with Crippen LogP contribution in [0, 0.1) is 0 Å². The first-order chi connectivity index (χ1) is 9.17. The summed E-state index contributed by atoms with van der Waals surface area (Å²) in [6.07, 6.45) is 1.05. The van der Waals surface area contributed by atoms with Crippen molar-refractivity contribution in [3.8, 4) is 5.75 Å². The van der Waals surface area contributed by atoms with Crippen molar-refractivity contribution in [1.29, 1.82) is 0 Å². The Kier molecular flexibility index (Phi) is 3.21. The molecule has 1 fully saturated rings. The molecular weight excluding hydrogens is 240 g/mol. The maximum Gasteiger partial charge on any atom is 0.134 e. The second-order valence-corrected chi connectivity index (χ2v) is 5.37. The first kappa shape index (κ1) is 12.5. The van der Waals surface area contributed by atoms with E-state index >= 15 is 0 Å². The second-order valence-electron chi connectivity index (χ2n) is 5.37. The lowest BCUT2D eigenvalue weighted by Crippen LogP contribution is -2.45. The number of hydrogen-bond acceptors (Lipinski definition) is 4. The molecule has 0 bridgehead atoms. The maximum atomic E-state index is 6.25. The van der Waals surface area contributed by atoms with Gasteiger partial charge in [0, 0.05) is 23.9 Å². The molecule has 102 valence electrons. The molecule has 2 N–H and O–H groups in total. The van der Waals surface area contributed by atoms with Crippen molar-refractivity contribution in [2.75, 3.05) is 27.2 Å². The molecule has 19 heavy (non-hydrogen) atoms. The molecular formula is C15H20N2O2. The van der Waals surface area contributed by atoms with Gasteiger partial charge >= 0.3 is 0 Å². The van der Waals surface area contributed by atoms with Crippen molar-refractivity contribution in [2.45, 2.75) is 18.4 Å². The third-order valence-electron chi connectivity index (χ3n) is 3.97. The Hall–Kier alpha value is -1.52. The van der Waals surface area contributed by atoms with Crippen molar-refractivity contribution in [2.24, 2.45) is 5.73 Å². The van der Waals surface area contributed by atoms with Crippen molar-refractivity contribution >= 4 is 11.0 Å². The van der Waals surface area contributed by atoms with E-state index in [2.05, 4.69) is 18.0 Å². The van der Waals surface area contributed by atoms with Crippen LogP contribution in [0.3, 0.4) is 0 Å². The van der Waals surface area contributed by atoms with E-state index in [0.717, 1.165) is 42.0 Å². The molecule has 1 aromatic heterocycles. The molecule has 0 radical (unpaired) electrons. The molecule has 1 aromatic carbocycles. The molecule has 2 aromatic rings. The molecule has 1 saturated heterocycles. The van der Waals surface area contributed by atoms with E-state index in [1.807, 2.05) is 18.2 Å². The van der Waals surface area contributed by atoms with Crippen LogP contribution >= 0.6 is 0 Å². The van der Waals surface area contributed by atoms with Crippen molar-refractivity contribution in [1.82, 2.24) is 4.90 Å². The number of hydrogen-bond donors (Lipinski definition) is 1. The van der Waals surface area contributed by atoms with Crippen LogP contribution in [0.15, 0.2) is 28.7 Å². The summed E-state index contributed by atoms with van der Waals surface area (Å²) in [5.41, 5.74) is 7.16. The maximum absolute atomic E-state index is 6.25. The van der Waals surface area contributed by atoms with Gasteiger partial charge in [0.2, 0.25) is 0 Å². The molecule has 4 nitrogen and oxygen atoms in total. The summed E-state index contributed by atoms with van der Waals surface area (Å²) >= 11 is 0. The summed E-state index contributed by atoms with van der Waals surface area (Å²) in [6, 6.07) is 8.12. The molecule has 2 heterocycles. The molecule has 0 aliphatic carbocycles. The Labute approximate surface area is 113 Å². The van der Waals surface area contributed by atoms with Gasteiger partial charge in [0.1, 0.15) is 17.1 Å². The van der Waals surface area contributed by atoms with Gasteiger partial charge in [0.05, 0.1) is 7.11 Å². The predicted molar refractivity (Wildman–Crippen MR) is 75.6 cm³/mol. The largest absolute Gasteiger partial charge is 0.497 e. The summed E-state index contributed by atoms with van der Waals surface area (Å²) in [7, 11) is 3.79. The van der Waals surface area contributed by atoms with Gasteiger partial charge in [0.15, 0.2) is 0 Å². The highest BCUT2D eigenvalue weighted by Gasteiger charge is 2.28. The van der Waals surface area contributed by atoms with Crippen LogP contribution < -0.4 is 10.5 Å². The number of fused-ring (bicyclic) bond motifs is 1. The third-order valence-corrected chi connectivity index (χ3v) is 3.97. The fourth-order valence-corrected chi connectivity index (χ4v) is 2.86. The zero-order valence-corrected chi connectivity index (χ0v) is 11.4. The van der Waals surface area contributed by atoms with Gasteiger partial charge in [-0.05, 0) is 44.3 Å². The number of benzene rings is 1. The Bertz CT molecular complexity index is 579. The van der Waals surface area contributed by atoms with Crippen LogP contribution in [0.5, 0.6) is 5.75 Å². The van der Waals surface area contributed by atoms with Crippen molar-refractivity contribution < 1.29 is 9.15 Å². The van der Waals surface area contributed by atoms with Crippen molar-refractivity contribution in [3.63, 3.8) is 0 Å². The molecule has 3 rings (SSSR count). The lowest BCUT2D eigenvalue weighted by molar-refractivity contribution is 0.216. The molecule has 4 heteroatoms. The summed E-state index contributed by atoms with van der Waals surface area (Å²) in [5.74, 6) is 2.17. The Balaban J connectivity index is 1.92. The fraction of sp³-hybridized carbons (Fsp3) is 0.467. The quantitative estimate of drug-likeness (QED) is 0.899. The number of rotatable bonds is 2. The first-order valence-corrected chi connectivity index (χ1v) is 6.69. The van der Waals surface area contributed by atoms with Gasteiger partial charge in [-0.2, -0.15) is 0 Å². The Morgan fingerprint density at radius 3 is 2.95 bits per heavy atom. The average molecular weight is 260 g/mol. The topological polar surface area (TPSA) is 51.6 Å². The molecule has 0 spiro atoms. The number of nitrogens with zero attached hydrogens (tertiary/aromatic N) is 1. The zero-order valence-electron chi connectivity index (χ0n) is 11.4. The summed E-state index contributed by atoms with van der Waals surface area (Å²) in [4.78, 5) is 2.27. The van der Waals surface area contributed by atoms with E-state index in [-0.39, 0.29) is 6.04 Å². The Morgan fingerprint density at radius 2 is 2.21 bits per heavy atom. The molecule has 2 atom stereocenters. The summed E-state index contributed by atoms with van der Waals surface area (Å²) in [5, 5.41) is 1.08. The van der Waals surface area contributed by atoms with E-state index in [1.54, 1.807) is 7.11 Å². The molecule has 0 saturated carbocycles. The van der Waals surface area contributed by atoms with E-state index in [1.165, 1.54) is 0 Å². The van der Waals surface area contributed by atoms with Crippen LogP contribution in [0.1, 0.15) is 18.1 Å². The highest BCUT2D eigenvalue weighted by molar-refractivity contribution is 5.79. The first-order valence-electron chi connectivity index (χ1n) is 6.69. The number of methoxy groups -OCH3 is 1. The second kappa shape index (κ2) is 4.87. The highest BCUT2D eigenvalue weighted by atomic mass is 16.5. The van der Waals surface area contributed by atoms with E-state index in [4.69, 9.17) is 14.9 Å². The normalized spacial score (nSPS) is 24.8. The minimum atomic E-state index is 0.140. The van der Waals surface area contributed by atoms with Crippen LogP contribution in [0.4, 0.5) is 0 Å². The van der Waals surface area contributed by atoms with Gasteiger partial charge < -0.3 is 19.8 Å². The monoisotopic (exact) mass is 260 g/mol. The summed E-state index contributed by atoms with van der Waals surface area (Å²) in [6.45, 7) is 1.99. The smallest absolute Gasteiger partial charge is 0.134 e. The molecule has 1 aliphatic heterocycles. The van der Waals surface area contributed by atoms with Gasteiger partial charge in [-0.25, -0.2) is 0 Å². The molecule has 0 amide bonds. The fourth-order valence-electron chi connectivity index (χ4n) is 2.86. The zero-order chi connectivity index (χ0) is 13.4. The van der Waals surface area contributed by atoms with Crippen LogP contribution in [0.25, 0.3) is 11.0 Å². The van der Waals surface area contributed by atoms with E-state index in [9.17, 15) is 0 Å². The molecule has 2 unspecified atom stereocenters. The molecule has 1 aliphatic rings. The van der Waals surface area contributed by atoms with Gasteiger partial charge in [-0.1, -0.05) is 0 Å². The minimum absolute atomic E-state index is 0.140. The van der Waals surface area contributed by atoms with E-state index in [0.29, 0.717) is 5.92 Å². The van der Waals surface area contributed by atoms with Crippen LogP contribution in [-0.2, 0) is 0 Å². The number of likely N-dealkylation sites (N-methyl/N-ethyl adjacent to an activating group) is 1. The summed E-state index contributed by atoms with van der Waals surface area (Å²) < 4.78 is 11.2.